The number of hydrogen-bond acceptors (Lipinski definition) is 3. The van der Waals surface area contributed by atoms with Crippen LogP contribution in [0.15, 0.2) is 18.2 Å². The van der Waals surface area contributed by atoms with Gasteiger partial charge in [0, 0.05) is 24.6 Å². The highest BCUT2D eigenvalue weighted by Gasteiger charge is 2.30. The van der Waals surface area contributed by atoms with Crippen LogP contribution in [0.4, 0.5) is 11.4 Å². The first-order valence-electron chi connectivity index (χ1n) is 5.18. The van der Waals surface area contributed by atoms with Gasteiger partial charge in [0.2, 0.25) is 5.91 Å². The number of alkyl halides is 1. The van der Waals surface area contributed by atoms with E-state index < -0.39 is 4.92 Å². The van der Waals surface area contributed by atoms with Gasteiger partial charge in [-0.15, -0.1) is 11.6 Å². The molecular weight excluding hydrogens is 244 g/mol. The number of nitrogens with zero attached hydrogens (tertiary/aromatic N) is 2. The summed E-state index contributed by atoms with van der Waals surface area (Å²) in [6, 6.07) is 4.76. The standard InChI is InChI=1S/C11H11ClN2O3/c1-7-2-3-9(5-10(7)14(16)17)13-6-8(12)4-11(13)15/h2-3,5,8H,4,6H2,1H3. The van der Waals surface area contributed by atoms with E-state index in [4.69, 9.17) is 11.6 Å². The van der Waals surface area contributed by atoms with Gasteiger partial charge in [0.15, 0.2) is 0 Å². The first-order valence-corrected chi connectivity index (χ1v) is 5.62. The summed E-state index contributed by atoms with van der Waals surface area (Å²) in [5.74, 6) is -0.0943. The smallest absolute Gasteiger partial charge is 0.274 e. The number of carbonyl (C=O) groups excluding carboxylic acids is 1. The lowest BCUT2D eigenvalue weighted by molar-refractivity contribution is -0.385. The SMILES string of the molecule is Cc1ccc(N2CC(Cl)CC2=O)cc1[N+](=O)[O-]. The van der Waals surface area contributed by atoms with Crippen LogP contribution in [0, 0.1) is 17.0 Å². The Bertz CT molecular complexity index is 490. The Balaban J connectivity index is 2.37. The number of hydrogen-bond donors (Lipinski definition) is 0. The number of anilines is 1. The van der Waals surface area contributed by atoms with Crippen LogP contribution in [0.1, 0.15) is 12.0 Å². The van der Waals surface area contributed by atoms with Crippen molar-refractivity contribution in [2.24, 2.45) is 0 Å². The second-order valence-electron chi connectivity index (χ2n) is 4.03. The van der Waals surface area contributed by atoms with Gasteiger partial charge in [-0.1, -0.05) is 6.07 Å². The summed E-state index contributed by atoms with van der Waals surface area (Å²) in [4.78, 5) is 23.5. The summed E-state index contributed by atoms with van der Waals surface area (Å²) < 4.78 is 0. The van der Waals surface area contributed by atoms with Crippen molar-refractivity contribution in [3.05, 3.63) is 33.9 Å². The molecule has 1 aromatic carbocycles. The molecule has 0 aromatic heterocycles. The second-order valence-corrected chi connectivity index (χ2v) is 4.65. The van der Waals surface area contributed by atoms with Crippen molar-refractivity contribution < 1.29 is 9.72 Å². The molecule has 2 rings (SSSR count). The van der Waals surface area contributed by atoms with Gasteiger partial charge < -0.3 is 4.90 Å². The molecule has 1 amide bonds. The van der Waals surface area contributed by atoms with E-state index in [2.05, 4.69) is 0 Å². The van der Waals surface area contributed by atoms with E-state index in [-0.39, 0.29) is 23.4 Å². The Kier molecular flexibility index (Phi) is 3.02. The minimum absolute atomic E-state index is 0.0216. The zero-order valence-corrected chi connectivity index (χ0v) is 9.98. The Labute approximate surface area is 103 Å². The molecule has 1 aliphatic heterocycles. The first-order chi connectivity index (χ1) is 7.99. The fourth-order valence-electron chi connectivity index (χ4n) is 1.88. The van der Waals surface area contributed by atoms with Crippen LogP contribution >= 0.6 is 11.6 Å². The quantitative estimate of drug-likeness (QED) is 0.462. The van der Waals surface area contributed by atoms with Gasteiger partial charge in [0.05, 0.1) is 16.0 Å². The molecule has 5 nitrogen and oxygen atoms in total. The third-order valence-corrected chi connectivity index (χ3v) is 3.07. The fourth-order valence-corrected chi connectivity index (χ4v) is 2.15. The van der Waals surface area contributed by atoms with Crippen LogP contribution in [0.2, 0.25) is 0 Å². The molecule has 1 unspecified atom stereocenters. The van der Waals surface area contributed by atoms with E-state index in [1.807, 2.05) is 0 Å². The molecule has 0 saturated carbocycles. The van der Waals surface area contributed by atoms with Crippen molar-refractivity contribution in [1.82, 2.24) is 0 Å². The van der Waals surface area contributed by atoms with Crippen molar-refractivity contribution >= 4 is 28.9 Å². The Hall–Kier alpha value is -1.62. The van der Waals surface area contributed by atoms with Crippen LogP contribution in [-0.4, -0.2) is 22.8 Å². The minimum Gasteiger partial charge on any atom is -0.311 e. The Morgan fingerprint density at radius 3 is 2.76 bits per heavy atom. The van der Waals surface area contributed by atoms with Crippen molar-refractivity contribution in [2.45, 2.75) is 18.7 Å². The van der Waals surface area contributed by atoms with Crippen molar-refractivity contribution in [2.75, 3.05) is 11.4 Å². The lowest BCUT2D eigenvalue weighted by Crippen LogP contribution is -2.24. The molecular formula is C11H11ClN2O3. The van der Waals surface area contributed by atoms with Crippen LogP contribution in [-0.2, 0) is 4.79 Å². The molecule has 1 fully saturated rings. The van der Waals surface area contributed by atoms with Gasteiger partial charge in [-0.05, 0) is 13.0 Å². The summed E-state index contributed by atoms with van der Waals surface area (Å²) in [6.45, 7) is 2.07. The van der Waals surface area contributed by atoms with Crippen LogP contribution in [0.5, 0.6) is 0 Å². The number of nitro groups is 1. The van der Waals surface area contributed by atoms with E-state index in [9.17, 15) is 14.9 Å². The highest BCUT2D eigenvalue weighted by molar-refractivity contribution is 6.24. The molecule has 0 radical (unpaired) electrons. The topological polar surface area (TPSA) is 63.5 Å². The fraction of sp³-hybridized carbons (Fsp3) is 0.364. The van der Waals surface area contributed by atoms with E-state index in [0.717, 1.165) is 0 Å². The lowest BCUT2D eigenvalue weighted by Gasteiger charge is -2.15. The number of rotatable bonds is 2. The van der Waals surface area contributed by atoms with Gasteiger partial charge in [-0.2, -0.15) is 0 Å². The zero-order chi connectivity index (χ0) is 12.6. The van der Waals surface area contributed by atoms with Gasteiger partial charge >= 0.3 is 0 Å². The van der Waals surface area contributed by atoms with Crippen LogP contribution < -0.4 is 4.90 Å². The number of carbonyl (C=O) groups is 1. The van der Waals surface area contributed by atoms with Crippen molar-refractivity contribution in [1.29, 1.82) is 0 Å². The van der Waals surface area contributed by atoms with Gasteiger partial charge in [0.1, 0.15) is 0 Å². The molecule has 1 atom stereocenters. The summed E-state index contributed by atoms with van der Waals surface area (Å²) >= 11 is 5.89. The molecule has 0 bridgehead atoms. The number of benzene rings is 1. The number of aryl methyl sites for hydroxylation is 1. The van der Waals surface area contributed by atoms with E-state index in [1.165, 1.54) is 11.0 Å². The summed E-state index contributed by atoms with van der Waals surface area (Å²) in [5.41, 5.74) is 1.14. The Morgan fingerprint density at radius 1 is 1.53 bits per heavy atom. The van der Waals surface area contributed by atoms with Crippen LogP contribution in [0.25, 0.3) is 0 Å². The van der Waals surface area contributed by atoms with Gasteiger partial charge in [-0.25, -0.2) is 0 Å². The first kappa shape index (κ1) is 11.9. The lowest BCUT2D eigenvalue weighted by atomic mass is 10.2. The maximum atomic E-state index is 11.6. The molecule has 0 aliphatic carbocycles. The van der Waals surface area contributed by atoms with E-state index in [1.54, 1.807) is 19.1 Å². The predicted molar refractivity (Wildman–Crippen MR) is 64.4 cm³/mol. The molecule has 6 heteroatoms. The molecule has 1 saturated heterocycles. The van der Waals surface area contributed by atoms with Crippen LogP contribution in [0.3, 0.4) is 0 Å². The average molecular weight is 255 g/mol. The summed E-state index contributed by atoms with van der Waals surface area (Å²) in [6.07, 6.45) is 0.281. The third-order valence-electron chi connectivity index (χ3n) is 2.78. The molecule has 1 aliphatic rings. The van der Waals surface area contributed by atoms with E-state index >= 15 is 0 Å². The molecule has 0 spiro atoms. The van der Waals surface area contributed by atoms with Crippen molar-refractivity contribution in [3.63, 3.8) is 0 Å². The normalized spacial score (nSPS) is 19.8. The Morgan fingerprint density at radius 2 is 2.24 bits per heavy atom. The summed E-state index contributed by atoms with van der Waals surface area (Å²) in [5, 5.41) is 10.6. The predicted octanol–water partition coefficient (Wildman–Crippen LogP) is 2.25. The largest absolute Gasteiger partial charge is 0.311 e. The molecule has 1 heterocycles. The number of halogens is 1. The monoisotopic (exact) mass is 254 g/mol. The third kappa shape index (κ3) is 2.24. The number of amides is 1. The summed E-state index contributed by atoms with van der Waals surface area (Å²) in [7, 11) is 0. The zero-order valence-electron chi connectivity index (χ0n) is 9.22. The molecule has 90 valence electrons. The van der Waals surface area contributed by atoms with Gasteiger partial charge in [0.25, 0.3) is 5.69 Å². The average Bonchev–Trinajstić information content (AvgIpc) is 2.58. The molecule has 1 aromatic rings. The maximum absolute atomic E-state index is 11.6. The second kappa shape index (κ2) is 4.33. The minimum atomic E-state index is -0.447. The molecule has 17 heavy (non-hydrogen) atoms. The highest BCUT2D eigenvalue weighted by Crippen LogP contribution is 2.29. The molecule has 0 N–H and O–H groups in total. The van der Waals surface area contributed by atoms with Crippen molar-refractivity contribution in [3.8, 4) is 0 Å². The highest BCUT2D eigenvalue weighted by atomic mass is 35.5. The number of nitro benzene ring substituents is 1. The maximum Gasteiger partial charge on any atom is 0.274 e. The van der Waals surface area contributed by atoms with E-state index in [0.29, 0.717) is 17.8 Å². The van der Waals surface area contributed by atoms with Gasteiger partial charge in [-0.3, -0.25) is 14.9 Å².